The third-order valence-corrected chi connectivity index (χ3v) is 3.96. The molecule has 17 heavy (non-hydrogen) atoms. The van der Waals surface area contributed by atoms with E-state index in [1.165, 1.54) is 19.3 Å². The summed E-state index contributed by atoms with van der Waals surface area (Å²) < 4.78 is 5.41. The molecule has 3 heteroatoms. The van der Waals surface area contributed by atoms with Crippen LogP contribution < -0.4 is 0 Å². The number of hydrogen-bond acceptors (Lipinski definition) is 3. The molecule has 1 fully saturated rings. The van der Waals surface area contributed by atoms with E-state index in [2.05, 4.69) is 25.7 Å². The van der Waals surface area contributed by atoms with Gasteiger partial charge >= 0.3 is 5.97 Å². The maximum absolute atomic E-state index is 11.9. The molecule has 0 N–H and O–H groups in total. The topological polar surface area (TPSA) is 29.5 Å². The quantitative estimate of drug-likeness (QED) is 0.670. The molecule has 0 aromatic heterocycles. The van der Waals surface area contributed by atoms with Crippen molar-refractivity contribution in [3.05, 3.63) is 0 Å². The highest BCUT2D eigenvalue weighted by Gasteiger charge is 2.28. The van der Waals surface area contributed by atoms with Crippen molar-refractivity contribution in [3.63, 3.8) is 0 Å². The number of carbonyl (C=O) groups excluding carboxylic acids is 1. The van der Waals surface area contributed by atoms with Crippen LogP contribution in [-0.4, -0.2) is 37.1 Å². The Hall–Kier alpha value is -0.570. The zero-order valence-corrected chi connectivity index (χ0v) is 11.6. The van der Waals surface area contributed by atoms with E-state index < -0.39 is 0 Å². The van der Waals surface area contributed by atoms with E-state index in [0.717, 1.165) is 26.1 Å². The summed E-state index contributed by atoms with van der Waals surface area (Å²) in [6.07, 6.45) is 4.64. The van der Waals surface area contributed by atoms with E-state index in [9.17, 15) is 4.79 Å². The summed E-state index contributed by atoms with van der Waals surface area (Å²) in [5.41, 5.74) is 0. The van der Waals surface area contributed by atoms with Crippen molar-refractivity contribution in [1.82, 2.24) is 4.90 Å². The lowest BCUT2D eigenvalue weighted by Gasteiger charge is -2.27. The fourth-order valence-corrected chi connectivity index (χ4v) is 2.59. The van der Waals surface area contributed by atoms with Gasteiger partial charge in [0.15, 0.2) is 0 Å². The minimum absolute atomic E-state index is 0.0318. The number of likely N-dealkylation sites (N-methyl/N-ethyl adjacent to an activating group) is 1. The van der Waals surface area contributed by atoms with Crippen LogP contribution in [-0.2, 0) is 9.53 Å². The summed E-state index contributed by atoms with van der Waals surface area (Å²) in [6.45, 7) is 9.89. The van der Waals surface area contributed by atoms with Gasteiger partial charge < -0.3 is 9.64 Å². The standard InChI is InChI=1S/C14H27NO2/c1-4-15(5-2)10-11-17-14(16)13-9-7-6-8-12(13)3/h12-13H,4-11H2,1-3H3/t12-,13+/m0/s1. The zero-order valence-electron chi connectivity index (χ0n) is 11.6. The molecule has 1 saturated carbocycles. The van der Waals surface area contributed by atoms with Gasteiger partial charge in [-0.2, -0.15) is 0 Å². The van der Waals surface area contributed by atoms with Gasteiger partial charge in [0.25, 0.3) is 0 Å². The Kier molecular flexibility index (Phi) is 6.56. The molecule has 0 amide bonds. The van der Waals surface area contributed by atoms with Gasteiger partial charge in [0.2, 0.25) is 0 Å². The lowest BCUT2D eigenvalue weighted by Crippen LogP contribution is -2.31. The Morgan fingerprint density at radius 3 is 2.47 bits per heavy atom. The van der Waals surface area contributed by atoms with Crippen molar-refractivity contribution >= 4 is 5.97 Å². The average Bonchev–Trinajstić information content (AvgIpc) is 2.35. The monoisotopic (exact) mass is 241 g/mol. The first-order valence-corrected chi connectivity index (χ1v) is 7.08. The van der Waals surface area contributed by atoms with Crippen LogP contribution >= 0.6 is 0 Å². The van der Waals surface area contributed by atoms with Crippen molar-refractivity contribution in [3.8, 4) is 0 Å². The zero-order chi connectivity index (χ0) is 12.7. The number of nitrogens with zero attached hydrogens (tertiary/aromatic N) is 1. The molecule has 1 rings (SSSR count). The number of ether oxygens (including phenoxy) is 1. The molecule has 0 aromatic carbocycles. The van der Waals surface area contributed by atoms with Gasteiger partial charge in [-0.15, -0.1) is 0 Å². The SMILES string of the molecule is CCN(CC)CCOC(=O)[C@@H]1CCCC[C@@H]1C. The molecule has 2 atom stereocenters. The van der Waals surface area contributed by atoms with Gasteiger partial charge in [0.1, 0.15) is 6.61 Å². The van der Waals surface area contributed by atoms with Crippen molar-refractivity contribution < 1.29 is 9.53 Å². The lowest BCUT2D eigenvalue weighted by atomic mass is 9.80. The van der Waals surface area contributed by atoms with Crippen LogP contribution in [0.15, 0.2) is 0 Å². The second kappa shape index (κ2) is 7.70. The number of rotatable bonds is 6. The highest BCUT2D eigenvalue weighted by molar-refractivity contribution is 5.72. The van der Waals surface area contributed by atoms with E-state index in [-0.39, 0.29) is 11.9 Å². The summed E-state index contributed by atoms with van der Waals surface area (Å²) >= 11 is 0. The smallest absolute Gasteiger partial charge is 0.309 e. The molecule has 0 spiro atoms. The predicted molar refractivity (Wildman–Crippen MR) is 69.9 cm³/mol. The van der Waals surface area contributed by atoms with E-state index >= 15 is 0 Å². The lowest BCUT2D eigenvalue weighted by molar-refractivity contribution is -0.151. The van der Waals surface area contributed by atoms with Crippen molar-refractivity contribution in [2.75, 3.05) is 26.2 Å². The second-order valence-corrected chi connectivity index (χ2v) is 5.06. The summed E-state index contributed by atoms with van der Waals surface area (Å²) in [5.74, 6) is 0.689. The number of hydrogen-bond donors (Lipinski definition) is 0. The van der Waals surface area contributed by atoms with Gasteiger partial charge in [0, 0.05) is 6.54 Å². The van der Waals surface area contributed by atoms with Crippen LogP contribution in [0.25, 0.3) is 0 Å². The van der Waals surface area contributed by atoms with Crippen LogP contribution in [0.1, 0.15) is 46.5 Å². The Labute approximate surface area is 106 Å². The summed E-state index contributed by atoms with van der Waals surface area (Å²) in [7, 11) is 0. The maximum atomic E-state index is 11.9. The highest BCUT2D eigenvalue weighted by atomic mass is 16.5. The van der Waals surface area contributed by atoms with E-state index in [4.69, 9.17) is 4.74 Å². The first kappa shape index (κ1) is 14.5. The third-order valence-electron chi connectivity index (χ3n) is 3.96. The first-order valence-electron chi connectivity index (χ1n) is 7.08. The Balaban J connectivity index is 2.24. The molecular formula is C14H27NO2. The largest absolute Gasteiger partial charge is 0.464 e. The molecule has 1 aliphatic rings. The van der Waals surface area contributed by atoms with E-state index in [1.54, 1.807) is 0 Å². The minimum Gasteiger partial charge on any atom is -0.464 e. The molecular weight excluding hydrogens is 214 g/mol. The molecule has 0 heterocycles. The van der Waals surface area contributed by atoms with Gasteiger partial charge in [-0.25, -0.2) is 0 Å². The highest BCUT2D eigenvalue weighted by Crippen LogP contribution is 2.30. The first-order chi connectivity index (χ1) is 8.19. The molecule has 0 aliphatic heterocycles. The molecule has 0 aromatic rings. The molecule has 0 bridgehead atoms. The maximum Gasteiger partial charge on any atom is 0.309 e. The fraction of sp³-hybridized carbons (Fsp3) is 0.929. The predicted octanol–water partition coefficient (Wildman–Crippen LogP) is 2.70. The fourth-order valence-electron chi connectivity index (χ4n) is 2.59. The molecule has 0 unspecified atom stereocenters. The summed E-state index contributed by atoms with van der Waals surface area (Å²) in [5, 5.41) is 0. The van der Waals surface area contributed by atoms with Gasteiger partial charge in [0.05, 0.1) is 5.92 Å². The third kappa shape index (κ3) is 4.66. The van der Waals surface area contributed by atoms with Crippen LogP contribution in [0, 0.1) is 11.8 Å². The van der Waals surface area contributed by atoms with Crippen LogP contribution in [0.5, 0.6) is 0 Å². The van der Waals surface area contributed by atoms with Gasteiger partial charge in [-0.3, -0.25) is 4.79 Å². The van der Waals surface area contributed by atoms with Crippen LogP contribution in [0.3, 0.4) is 0 Å². The second-order valence-electron chi connectivity index (χ2n) is 5.06. The van der Waals surface area contributed by atoms with Crippen LogP contribution in [0.4, 0.5) is 0 Å². The normalized spacial score (nSPS) is 24.9. The summed E-state index contributed by atoms with van der Waals surface area (Å²) in [4.78, 5) is 14.2. The number of carbonyl (C=O) groups is 1. The average molecular weight is 241 g/mol. The molecule has 1 aliphatic carbocycles. The van der Waals surface area contributed by atoms with Crippen molar-refractivity contribution in [2.45, 2.75) is 46.5 Å². The van der Waals surface area contributed by atoms with Gasteiger partial charge in [-0.1, -0.05) is 33.6 Å². The Morgan fingerprint density at radius 2 is 1.88 bits per heavy atom. The molecule has 3 nitrogen and oxygen atoms in total. The Bertz CT molecular complexity index is 226. The van der Waals surface area contributed by atoms with Crippen molar-refractivity contribution in [2.24, 2.45) is 11.8 Å². The van der Waals surface area contributed by atoms with Crippen molar-refractivity contribution in [1.29, 1.82) is 0 Å². The Morgan fingerprint density at radius 1 is 1.24 bits per heavy atom. The molecule has 0 saturated heterocycles. The minimum atomic E-state index is 0.0318. The van der Waals surface area contributed by atoms with E-state index in [1.807, 2.05) is 0 Å². The van der Waals surface area contributed by atoms with Gasteiger partial charge in [-0.05, 0) is 31.8 Å². The van der Waals surface area contributed by atoms with Crippen LogP contribution in [0.2, 0.25) is 0 Å². The van der Waals surface area contributed by atoms with E-state index in [0.29, 0.717) is 12.5 Å². The number of esters is 1. The molecule has 0 radical (unpaired) electrons. The molecule has 100 valence electrons. The summed E-state index contributed by atoms with van der Waals surface area (Å²) in [6, 6.07) is 0.